The van der Waals surface area contributed by atoms with Crippen molar-refractivity contribution in [2.75, 3.05) is 23.9 Å². The molecule has 3 aromatic carbocycles. The van der Waals surface area contributed by atoms with Crippen LogP contribution in [0.4, 0.5) is 5.69 Å². The summed E-state index contributed by atoms with van der Waals surface area (Å²) in [4.78, 5) is 15.6. The van der Waals surface area contributed by atoms with E-state index >= 15 is 0 Å². The van der Waals surface area contributed by atoms with Gasteiger partial charge in [0.05, 0.1) is 10.6 Å². The van der Waals surface area contributed by atoms with Gasteiger partial charge in [-0.2, -0.15) is 0 Å². The quantitative estimate of drug-likeness (QED) is 0.419. The van der Waals surface area contributed by atoms with E-state index < -0.39 is 10.0 Å². The fourth-order valence-electron chi connectivity index (χ4n) is 4.38. The lowest BCUT2D eigenvalue weighted by Crippen LogP contribution is -2.40. The van der Waals surface area contributed by atoms with Gasteiger partial charge in [-0.25, -0.2) is 8.42 Å². The molecule has 0 aliphatic carbocycles. The van der Waals surface area contributed by atoms with Gasteiger partial charge in [0.25, 0.3) is 10.0 Å². The number of nitrogens with zero attached hydrogens (tertiary/aromatic N) is 2. The van der Waals surface area contributed by atoms with E-state index in [0.717, 1.165) is 35.1 Å². The van der Waals surface area contributed by atoms with Crippen molar-refractivity contribution >= 4 is 33.2 Å². The predicted molar refractivity (Wildman–Crippen MR) is 145 cm³/mol. The molecule has 1 aliphatic rings. The molecule has 1 N–H and O–H groups in total. The molecule has 0 aromatic heterocycles. The maximum atomic E-state index is 13.5. The van der Waals surface area contributed by atoms with Gasteiger partial charge in [0, 0.05) is 18.1 Å². The summed E-state index contributed by atoms with van der Waals surface area (Å²) in [6.45, 7) is 4.92. The van der Waals surface area contributed by atoms with Gasteiger partial charge < -0.3 is 5.32 Å². The van der Waals surface area contributed by atoms with E-state index in [-0.39, 0.29) is 17.3 Å². The number of aryl methyl sites for hydroxylation is 1. The Bertz CT molecular complexity index is 1270. The van der Waals surface area contributed by atoms with Crippen LogP contribution in [0, 0.1) is 6.92 Å². The highest BCUT2D eigenvalue weighted by Gasteiger charge is 2.27. The lowest BCUT2D eigenvalue weighted by Gasteiger charge is -2.27. The maximum Gasteiger partial charge on any atom is 0.264 e. The van der Waals surface area contributed by atoms with E-state index in [2.05, 4.69) is 16.3 Å². The number of hydrogen-bond acceptors (Lipinski definition) is 4. The minimum absolute atomic E-state index is 0.128. The summed E-state index contributed by atoms with van der Waals surface area (Å²) < 4.78 is 28.2. The Balaban J connectivity index is 1.50. The molecule has 0 bridgehead atoms. The molecule has 1 fully saturated rings. The van der Waals surface area contributed by atoms with Crippen molar-refractivity contribution in [3.05, 3.63) is 94.5 Å². The van der Waals surface area contributed by atoms with E-state index in [4.69, 9.17) is 11.6 Å². The molecule has 8 heteroatoms. The molecule has 36 heavy (non-hydrogen) atoms. The van der Waals surface area contributed by atoms with Gasteiger partial charge in [-0.3, -0.25) is 14.0 Å². The number of carbonyl (C=O) groups is 1. The maximum absolute atomic E-state index is 13.5. The van der Waals surface area contributed by atoms with Crippen LogP contribution in [-0.4, -0.2) is 38.9 Å². The zero-order valence-electron chi connectivity index (χ0n) is 20.5. The molecule has 1 aliphatic heterocycles. The van der Waals surface area contributed by atoms with E-state index in [0.29, 0.717) is 17.3 Å². The number of carbonyl (C=O) groups excluding carboxylic acids is 1. The fraction of sp³-hybridized carbons (Fsp3) is 0.321. The summed E-state index contributed by atoms with van der Waals surface area (Å²) in [6, 6.07) is 21.1. The van der Waals surface area contributed by atoms with Crippen LogP contribution in [0.2, 0.25) is 5.02 Å². The number of likely N-dealkylation sites (tertiary alicyclic amines) is 1. The van der Waals surface area contributed by atoms with Gasteiger partial charge in [-0.1, -0.05) is 60.0 Å². The first-order valence-corrected chi connectivity index (χ1v) is 14.1. The van der Waals surface area contributed by atoms with Gasteiger partial charge in [-0.05, 0) is 80.4 Å². The molecular formula is C28H32ClN3O3S. The van der Waals surface area contributed by atoms with Crippen LogP contribution in [0.1, 0.15) is 36.0 Å². The monoisotopic (exact) mass is 525 g/mol. The third-order valence-corrected chi connectivity index (χ3v) is 8.49. The highest BCUT2D eigenvalue weighted by molar-refractivity contribution is 7.92. The molecule has 190 valence electrons. The van der Waals surface area contributed by atoms with Crippen molar-refractivity contribution in [1.82, 2.24) is 10.2 Å². The Morgan fingerprint density at radius 1 is 0.917 bits per heavy atom. The molecule has 6 nitrogen and oxygen atoms in total. The number of amides is 1. The molecule has 0 unspecified atom stereocenters. The van der Waals surface area contributed by atoms with Crippen molar-refractivity contribution in [2.24, 2.45) is 0 Å². The van der Waals surface area contributed by atoms with Crippen LogP contribution in [-0.2, 0) is 27.9 Å². The second-order valence-corrected chi connectivity index (χ2v) is 11.5. The number of nitrogens with one attached hydrogen (secondary N) is 1. The minimum atomic E-state index is -3.97. The van der Waals surface area contributed by atoms with Gasteiger partial charge in [-0.15, -0.1) is 0 Å². The van der Waals surface area contributed by atoms with E-state index in [1.165, 1.54) is 24.8 Å². The van der Waals surface area contributed by atoms with Gasteiger partial charge >= 0.3 is 0 Å². The topological polar surface area (TPSA) is 69.7 Å². The standard InChI is InChI=1S/C28H32ClN3O3S/c1-22-9-15-27(16-10-22)36(34,35)32(26-13-11-25(29)12-14-26)21-28(33)30-19-23-7-3-4-8-24(23)20-31-17-5-2-6-18-31/h3-4,7-16H,2,5-6,17-21H2,1H3,(H,30,33). The SMILES string of the molecule is Cc1ccc(S(=O)(=O)N(CC(=O)NCc2ccccc2CN2CCCCC2)c2ccc(Cl)cc2)cc1. The van der Waals surface area contributed by atoms with E-state index in [9.17, 15) is 13.2 Å². The average Bonchev–Trinajstić information content (AvgIpc) is 2.88. The van der Waals surface area contributed by atoms with Crippen LogP contribution in [0.3, 0.4) is 0 Å². The summed E-state index contributed by atoms with van der Waals surface area (Å²) in [7, 11) is -3.97. The second-order valence-electron chi connectivity index (χ2n) is 9.18. The van der Waals surface area contributed by atoms with Crippen molar-refractivity contribution in [1.29, 1.82) is 0 Å². The van der Waals surface area contributed by atoms with Crippen molar-refractivity contribution in [3.63, 3.8) is 0 Å². The highest BCUT2D eigenvalue weighted by Crippen LogP contribution is 2.25. The Labute approximate surface area is 218 Å². The molecule has 1 saturated heterocycles. The summed E-state index contributed by atoms with van der Waals surface area (Å²) in [5.41, 5.74) is 3.55. The van der Waals surface area contributed by atoms with Crippen molar-refractivity contribution in [3.8, 4) is 0 Å². The number of sulfonamides is 1. The molecule has 1 heterocycles. The first kappa shape index (κ1) is 26.2. The summed E-state index contributed by atoms with van der Waals surface area (Å²) in [6.07, 6.45) is 3.72. The Morgan fingerprint density at radius 3 is 2.22 bits per heavy atom. The lowest BCUT2D eigenvalue weighted by atomic mass is 10.0. The minimum Gasteiger partial charge on any atom is -0.350 e. The normalized spacial score (nSPS) is 14.4. The van der Waals surface area contributed by atoms with Crippen molar-refractivity contribution in [2.45, 2.75) is 44.2 Å². The van der Waals surface area contributed by atoms with Gasteiger partial charge in [0.15, 0.2) is 0 Å². The molecule has 4 rings (SSSR count). The van der Waals surface area contributed by atoms with Gasteiger partial charge in [0.2, 0.25) is 5.91 Å². The predicted octanol–water partition coefficient (Wildman–Crippen LogP) is 5.15. The first-order valence-electron chi connectivity index (χ1n) is 12.2. The second kappa shape index (κ2) is 11.9. The molecule has 0 radical (unpaired) electrons. The number of halogens is 1. The zero-order chi connectivity index (χ0) is 25.5. The van der Waals surface area contributed by atoms with E-state index in [1.54, 1.807) is 48.5 Å². The van der Waals surface area contributed by atoms with Crippen LogP contribution in [0.5, 0.6) is 0 Å². The van der Waals surface area contributed by atoms with E-state index in [1.807, 2.05) is 25.1 Å². The number of rotatable bonds is 9. The lowest BCUT2D eigenvalue weighted by molar-refractivity contribution is -0.119. The number of piperidine rings is 1. The Hall–Kier alpha value is -2.87. The number of hydrogen-bond donors (Lipinski definition) is 1. The Morgan fingerprint density at radius 2 is 1.56 bits per heavy atom. The summed E-state index contributed by atoms with van der Waals surface area (Å²) in [5.74, 6) is -0.381. The van der Waals surface area contributed by atoms with Gasteiger partial charge in [0.1, 0.15) is 6.54 Å². The molecule has 3 aromatic rings. The van der Waals surface area contributed by atoms with Crippen molar-refractivity contribution < 1.29 is 13.2 Å². The summed E-state index contributed by atoms with van der Waals surface area (Å²) >= 11 is 6.02. The molecule has 0 spiro atoms. The van der Waals surface area contributed by atoms with Crippen LogP contribution < -0.4 is 9.62 Å². The third-order valence-electron chi connectivity index (χ3n) is 6.45. The third kappa shape index (κ3) is 6.66. The van der Waals surface area contributed by atoms with Crippen LogP contribution in [0.15, 0.2) is 77.7 Å². The molecule has 0 atom stereocenters. The molecule has 0 saturated carbocycles. The Kier molecular flexibility index (Phi) is 8.67. The highest BCUT2D eigenvalue weighted by atomic mass is 35.5. The summed E-state index contributed by atoms with van der Waals surface area (Å²) in [5, 5.41) is 3.42. The number of benzene rings is 3. The van der Waals surface area contributed by atoms with Crippen LogP contribution in [0.25, 0.3) is 0 Å². The fourth-order valence-corrected chi connectivity index (χ4v) is 5.93. The average molecular weight is 526 g/mol. The molecule has 1 amide bonds. The first-order chi connectivity index (χ1) is 17.3. The number of anilines is 1. The largest absolute Gasteiger partial charge is 0.350 e. The smallest absolute Gasteiger partial charge is 0.264 e. The molecular weight excluding hydrogens is 494 g/mol. The zero-order valence-corrected chi connectivity index (χ0v) is 22.1. The van der Waals surface area contributed by atoms with Crippen LogP contribution >= 0.6 is 11.6 Å².